The Morgan fingerprint density at radius 2 is 2.35 bits per heavy atom. The van der Waals surface area contributed by atoms with E-state index in [1.54, 1.807) is 12.1 Å². The molecule has 1 N–H and O–H groups in total. The molecule has 3 nitrogen and oxygen atoms in total. The predicted octanol–water partition coefficient (Wildman–Crippen LogP) is 3.16. The van der Waals surface area contributed by atoms with Crippen LogP contribution in [0.15, 0.2) is 24.3 Å². The maximum Gasteiger partial charge on any atom is 0.328 e. The Morgan fingerprint density at radius 3 is 3.05 bits per heavy atom. The first-order chi connectivity index (χ1) is 9.54. The van der Waals surface area contributed by atoms with Crippen molar-refractivity contribution in [3.05, 3.63) is 41.2 Å². The van der Waals surface area contributed by atoms with Gasteiger partial charge in [0.05, 0.1) is 0 Å². The van der Waals surface area contributed by atoms with Crippen LogP contribution in [0.25, 0.3) is 6.08 Å². The summed E-state index contributed by atoms with van der Waals surface area (Å²) in [6, 6.07) is 4.91. The lowest BCUT2D eigenvalue weighted by atomic mass is 9.99. The largest absolute Gasteiger partial charge is 0.478 e. The lowest BCUT2D eigenvalue weighted by molar-refractivity contribution is -0.131. The molecular weight excluding hydrogens is 257 g/mol. The van der Waals surface area contributed by atoms with E-state index in [1.165, 1.54) is 25.0 Å². The zero-order chi connectivity index (χ0) is 14.5. The number of hydrogen-bond donors (Lipinski definition) is 1. The molecule has 1 aromatic carbocycles. The molecule has 1 aromatic rings. The van der Waals surface area contributed by atoms with E-state index in [0.29, 0.717) is 11.5 Å². The van der Waals surface area contributed by atoms with Gasteiger partial charge in [-0.3, -0.25) is 4.90 Å². The molecular formula is C16H20FNO2. The van der Waals surface area contributed by atoms with Gasteiger partial charge < -0.3 is 5.11 Å². The van der Waals surface area contributed by atoms with E-state index in [0.717, 1.165) is 31.3 Å². The van der Waals surface area contributed by atoms with E-state index in [2.05, 4.69) is 11.8 Å². The maximum atomic E-state index is 13.6. The molecule has 0 radical (unpaired) electrons. The summed E-state index contributed by atoms with van der Waals surface area (Å²) in [5.41, 5.74) is 1.35. The number of carboxylic acid groups (broad SMARTS) is 1. The van der Waals surface area contributed by atoms with Crippen LogP contribution in [0, 0.1) is 11.7 Å². The molecule has 1 aliphatic rings. The fourth-order valence-corrected chi connectivity index (χ4v) is 2.67. The topological polar surface area (TPSA) is 40.5 Å². The Hall–Kier alpha value is -1.68. The second-order valence-corrected chi connectivity index (χ2v) is 5.51. The van der Waals surface area contributed by atoms with E-state index < -0.39 is 11.8 Å². The van der Waals surface area contributed by atoms with Gasteiger partial charge in [0.2, 0.25) is 0 Å². The van der Waals surface area contributed by atoms with Crippen molar-refractivity contribution in [1.29, 1.82) is 0 Å². The normalized spacial score (nSPS) is 20.4. The van der Waals surface area contributed by atoms with Crippen molar-refractivity contribution in [3.63, 3.8) is 0 Å². The summed E-state index contributed by atoms with van der Waals surface area (Å²) in [5.74, 6) is -0.756. The van der Waals surface area contributed by atoms with Crippen LogP contribution in [0.2, 0.25) is 0 Å². The number of nitrogens with zero attached hydrogens (tertiary/aromatic N) is 1. The summed E-state index contributed by atoms with van der Waals surface area (Å²) < 4.78 is 13.6. The molecule has 1 fully saturated rings. The van der Waals surface area contributed by atoms with Crippen LogP contribution >= 0.6 is 0 Å². The Bertz CT molecular complexity index is 513. The average molecular weight is 277 g/mol. The molecule has 0 aliphatic carbocycles. The first-order valence-corrected chi connectivity index (χ1v) is 6.96. The van der Waals surface area contributed by atoms with Gasteiger partial charge in [0.1, 0.15) is 5.82 Å². The zero-order valence-corrected chi connectivity index (χ0v) is 11.7. The number of halogens is 1. The molecule has 0 bridgehead atoms. The highest BCUT2D eigenvalue weighted by Gasteiger charge is 2.16. The van der Waals surface area contributed by atoms with Crippen molar-refractivity contribution < 1.29 is 14.3 Å². The zero-order valence-electron chi connectivity index (χ0n) is 11.7. The van der Waals surface area contributed by atoms with Crippen LogP contribution in [0.4, 0.5) is 4.39 Å². The summed E-state index contributed by atoms with van der Waals surface area (Å²) >= 11 is 0. The quantitative estimate of drug-likeness (QED) is 0.859. The Morgan fingerprint density at radius 1 is 1.55 bits per heavy atom. The maximum absolute atomic E-state index is 13.6. The van der Waals surface area contributed by atoms with Gasteiger partial charge in [0.15, 0.2) is 0 Å². The molecule has 1 heterocycles. The number of carboxylic acids is 1. The lowest BCUT2D eigenvalue weighted by Crippen LogP contribution is -2.33. The molecule has 1 unspecified atom stereocenters. The summed E-state index contributed by atoms with van der Waals surface area (Å²) in [6.07, 6.45) is 4.74. The second-order valence-electron chi connectivity index (χ2n) is 5.51. The molecule has 1 saturated heterocycles. The molecule has 2 rings (SSSR count). The number of hydrogen-bond acceptors (Lipinski definition) is 2. The Labute approximate surface area is 118 Å². The lowest BCUT2D eigenvalue weighted by Gasteiger charge is -2.30. The molecule has 0 spiro atoms. The molecule has 1 aliphatic heterocycles. The van der Waals surface area contributed by atoms with E-state index in [-0.39, 0.29) is 0 Å². The highest BCUT2D eigenvalue weighted by atomic mass is 19.1. The number of carbonyl (C=O) groups is 1. The minimum atomic E-state index is -1.07. The Balaban J connectivity index is 2.08. The third-order valence-corrected chi connectivity index (χ3v) is 3.61. The molecule has 1 atom stereocenters. The van der Waals surface area contributed by atoms with Crippen molar-refractivity contribution in [3.8, 4) is 0 Å². The highest BCUT2D eigenvalue weighted by Crippen LogP contribution is 2.19. The SMILES string of the molecule is CC1CCCN(Cc2ccc(F)c(C=CC(=O)O)c2)C1. The van der Waals surface area contributed by atoms with Crippen molar-refractivity contribution >= 4 is 12.0 Å². The first kappa shape index (κ1) is 14.7. The van der Waals surface area contributed by atoms with Crippen LogP contribution in [0.3, 0.4) is 0 Å². The van der Waals surface area contributed by atoms with Gasteiger partial charge in [0, 0.05) is 24.7 Å². The predicted molar refractivity (Wildman–Crippen MR) is 76.7 cm³/mol. The fraction of sp³-hybridized carbons (Fsp3) is 0.438. The van der Waals surface area contributed by atoms with Crippen molar-refractivity contribution in [2.75, 3.05) is 13.1 Å². The minimum absolute atomic E-state index is 0.329. The van der Waals surface area contributed by atoms with Crippen LogP contribution in [0.5, 0.6) is 0 Å². The van der Waals surface area contributed by atoms with Crippen LogP contribution in [-0.2, 0) is 11.3 Å². The number of likely N-dealkylation sites (tertiary alicyclic amines) is 1. The molecule has 0 aromatic heterocycles. The molecule has 0 saturated carbocycles. The standard InChI is InChI=1S/C16H20FNO2/c1-12-3-2-8-18(10-12)11-13-4-6-15(17)14(9-13)5-7-16(19)20/h4-7,9,12H,2-3,8,10-11H2,1H3,(H,19,20). The molecule has 4 heteroatoms. The van der Waals surface area contributed by atoms with Gasteiger partial charge in [-0.15, -0.1) is 0 Å². The van der Waals surface area contributed by atoms with E-state index in [1.807, 2.05) is 0 Å². The fourth-order valence-electron chi connectivity index (χ4n) is 2.67. The van der Waals surface area contributed by atoms with Gasteiger partial charge in [-0.05, 0) is 49.1 Å². The Kier molecular flexibility index (Phi) is 4.90. The summed E-state index contributed by atoms with van der Waals surface area (Å²) in [5, 5.41) is 8.61. The molecule has 0 amide bonds. The van der Waals surface area contributed by atoms with Gasteiger partial charge in [0.25, 0.3) is 0 Å². The van der Waals surface area contributed by atoms with Crippen molar-refractivity contribution in [2.45, 2.75) is 26.3 Å². The summed E-state index contributed by atoms with van der Waals surface area (Å²) in [6.45, 7) is 5.18. The van der Waals surface area contributed by atoms with E-state index in [4.69, 9.17) is 5.11 Å². The summed E-state index contributed by atoms with van der Waals surface area (Å²) in [4.78, 5) is 12.9. The number of rotatable bonds is 4. The number of aliphatic carboxylic acids is 1. The van der Waals surface area contributed by atoms with E-state index in [9.17, 15) is 9.18 Å². The van der Waals surface area contributed by atoms with Crippen LogP contribution < -0.4 is 0 Å². The van der Waals surface area contributed by atoms with Gasteiger partial charge in [-0.25, -0.2) is 9.18 Å². The minimum Gasteiger partial charge on any atom is -0.478 e. The second kappa shape index (κ2) is 6.66. The monoisotopic (exact) mass is 277 g/mol. The highest BCUT2D eigenvalue weighted by molar-refractivity contribution is 5.85. The third-order valence-electron chi connectivity index (χ3n) is 3.61. The number of benzene rings is 1. The van der Waals surface area contributed by atoms with Gasteiger partial charge in [-0.1, -0.05) is 13.0 Å². The van der Waals surface area contributed by atoms with Gasteiger partial charge >= 0.3 is 5.97 Å². The van der Waals surface area contributed by atoms with Crippen molar-refractivity contribution in [1.82, 2.24) is 4.90 Å². The van der Waals surface area contributed by atoms with E-state index >= 15 is 0 Å². The average Bonchev–Trinajstić information content (AvgIpc) is 2.39. The van der Waals surface area contributed by atoms with Gasteiger partial charge in [-0.2, -0.15) is 0 Å². The molecule has 108 valence electrons. The summed E-state index contributed by atoms with van der Waals surface area (Å²) in [7, 11) is 0. The molecule has 20 heavy (non-hydrogen) atoms. The van der Waals surface area contributed by atoms with Crippen molar-refractivity contribution in [2.24, 2.45) is 5.92 Å². The van der Waals surface area contributed by atoms with Crippen LogP contribution in [-0.4, -0.2) is 29.1 Å². The smallest absolute Gasteiger partial charge is 0.328 e. The number of piperidine rings is 1. The third kappa shape index (κ3) is 4.17. The first-order valence-electron chi connectivity index (χ1n) is 6.96. The van der Waals surface area contributed by atoms with Crippen LogP contribution in [0.1, 0.15) is 30.9 Å².